The van der Waals surface area contributed by atoms with E-state index >= 15 is 0 Å². The Bertz CT molecular complexity index is 592. The topological polar surface area (TPSA) is 0 Å². The van der Waals surface area contributed by atoms with Gasteiger partial charge in [-0.25, -0.2) is 0 Å². The van der Waals surface area contributed by atoms with Gasteiger partial charge in [-0.3, -0.25) is 0 Å². The highest BCUT2D eigenvalue weighted by Crippen LogP contribution is 2.26. The Morgan fingerprint density at radius 3 is 2.22 bits per heavy atom. The van der Waals surface area contributed by atoms with Crippen LogP contribution in [0, 0.1) is 0 Å². The Balaban J connectivity index is 1.63. The predicted molar refractivity (Wildman–Crippen MR) is 108 cm³/mol. The molecule has 122 valence electrons. The van der Waals surface area contributed by atoms with Crippen molar-refractivity contribution >= 4 is 29.6 Å². The van der Waals surface area contributed by atoms with Crippen molar-refractivity contribution in [2.75, 3.05) is 11.5 Å². The normalized spacial score (nSPS) is 12.0. The van der Waals surface area contributed by atoms with Crippen LogP contribution < -0.4 is 0 Å². The lowest BCUT2D eigenvalue weighted by Crippen LogP contribution is -2.10. The number of hydrogen-bond donors (Lipinski definition) is 0. The molecule has 0 amide bonds. The molecule has 2 rings (SSSR count). The second kappa shape index (κ2) is 9.24. The van der Waals surface area contributed by atoms with Gasteiger partial charge in [-0.2, -0.15) is 0 Å². The van der Waals surface area contributed by atoms with Crippen LogP contribution in [0.3, 0.4) is 0 Å². The van der Waals surface area contributed by atoms with Gasteiger partial charge in [0, 0.05) is 4.90 Å². The van der Waals surface area contributed by atoms with E-state index in [1.807, 2.05) is 23.5 Å². The fraction of sp³-hybridized carbons (Fsp3) is 0.333. The summed E-state index contributed by atoms with van der Waals surface area (Å²) in [5, 5.41) is 2.21. The molecule has 2 aromatic carbocycles. The van der Waals surface area contributed by atoms with Gasteiger partial charge in [0.1, 0.15) is 0 Å². The lowest BCUT2D eigenvalue weighted by Gasteiger charge is -2.19. The van der Waals surface area contributed by atoms with Crippen LogP contribution in [0.25, 0.3) is 6.08 Å². The summed E-state index contributed by atoms with van der Waals surface area (Å²) >= 11 is 3.85. The second-order valence-corrected chi connectivity index (χ2v) is 8.74. The Hall–Kier alpha value is -1.12. The fourth-order valence-corrected chi connectivity index (χ4v) is 3.88. The maximum Gasteiger partial charge on any atom is 0.00721 e. The van der Waals surface area contributed by atoms with Crippen molar-refractivity contribution in [3.63, 3.8) is 0 Å². The Morgan fingerprint density at radius 1 is 0.870 bits per heavy atom. The van der Waals surface area contributed by atoms with Crippen LogP contribution in [0.15, 0.2) is 64.9 Å². The van der Waals surface area contributed by atoms with Gasteiger partial charge in [-0.1, -0.05) is 63.2 Å². The van der Waals surface area contributed by atoms with E-state index in [-0.39, 0.29) is 5.41 Å². The summed E-state index contributed by atoms with van der Waals surface area (Å²) in [6.45, 7) is 6.78. The molecule has 0 aliphatic carbocycles. The third-order valence-electron chi connectivity index (χ3n) is 3.55. The molecule has 0 aliphatic rings. The van der Waals surface area contributed by atoms with Crippen molar-refractivity contribution in [1.29, 1.82) is 0 Å². The molecule has 0 atom stereocenters. The Morgan fingerprint density at radius 2 is 1.57 bits per heavy atom. The largest absolute Gasteiger partial charge is 0.134 e. The van der Waals surface area contributed by atoms with Crippen molar-refractivity contribution in [1.82, 2.24) is 0 Å². The average Bonchev–Trinajstić information content (AvgIpc) is 2.54. The molecule has 2 heteroatoms. The Labute approximate surface area is 149 Å². The lowest BCUT2D eigenvalue weighted by molar-refractivity contribution is 0.590. The van der Waals surface area contributed by atoms with Crippen molar-refractivity contribution in [2.45, 2.75) is 37.5 Å². The smallest absolute Gasteiger partial charge is 0.00721 e. The summed E-state index contributed by atoms with van der Waals surface area (Å²) in [6.07, 6.45) is 3.42. The third kappa shape index (κ3) is 6.88. The molecule has 0 saturated carbocycles. The van der Waals surface area contributed by atoms with Gasteiger partial charge in [0.25, 0.3) is 0 Å². The molecular formula is C21H26S2. The zero-order valence-corrected chi connectivity index (χ0v) is 15.9. The van der Waals surface area contributed by atoms with Crippen molar-refractivity contribution in [2.24, 2.45) is 0 Å². The summed E-state index contributed by atoms with van der Waals surface area (Å²) in [4.78, 5) is 1.38. The number of hydrogen-bond acceptors (Lipinski definition) is 2. The van der Waals surface area contributed by atoms with Gasteiger partial charge in [-0.15, -0.1) is 23.5 Å². The zero-order chi connectivity index (χ0) is 16.5. The fourth-order valence-electron chi connectivity index (χ4n) is 2.14. The van der Waals surface area contributed by atoms with Crippen LogP contribution in [0.1, 0.15) is 38.3 Å². The maximum atomic E-state index is 2.26. The molecule has 0 bridgehead atoms. The molecule has 0 heterocycles. The average molecular weight is 343 g/mol. The number of rotatable bonds is 7. The monoisotopic (exact) mass is 342 g/mol. The van der Waals surface area contributed by atoms with E-state index in [0.717, 1.165) is 0 Å². The van der Waals surface area contributed by atoms with E-state index in [2.05, 4.69) is 86.9 Å². The molecule has 0 unspecified atom stereocenters. The van der Waals surface area contributed by atoms with Crippen molar-refractivity contribution < 1.29 is 0 Å². The minimum atomic E-state index is 0.241. The van der Waals surface area contributed by atoms with Gasteiger partial charge in [0.15, 0.2) is 0 Å². The SMILES string of the molecule is CC(C)(C)c1ccc(SCCCS/C=C/c2ccccc2)cc1. The highest BCUT2D eigenvalue weighted by molar-refractivity contribution is 8.02. The van der Waals surface area contributed by atoms with Crippen LogP contribution in [-0.4, -0.2) is 11.5 Å². The van der Waals surface area contributed by atoms with E-state index in [4.69, 9.17) is 0 Å². The van der Waals surface area contributed by atoms with Gasteiger partial charge in [0.05, 0.1) is 0 Å². The van der Waals surface area contributed by atoms with Gasteiger partial charge in [-0.05, 0) is 58.1 Å². The zero-order valence-electron chi connectivity index (χ0n) is 14.3. The first kappa shape index (κ1) is 18.2. The first-order valence-corrected chi connectivity index (χ1v) is 10.2. The molecule has 0 fully saturated rings. The lowest BCUT2D eigenvalue weighted by atomic mass is 9.87. The van der Waals surface area contributed by atoms with Gasteiger partial charge < -0.3 is 0 Å². The van der Waals surface area contributed by atoms with Crippen molar-refractivity contribution in [3.8, 4) is 0 Å². The quantitative estimate of drug-likeness (QED) is 0.398. The van der Waals surface area contributed by atoms with Crippen LogP contribution >= 0.6 is 23.5 Å². The van der Waals surface area contributed by atoms with Crippen LogP contribution in [0.4, 0.5) is 0 Å². The highest BCUT2D eigenvalue weighted by Gasteiger charge is 2.12. The molecule has 0 nitrogen and oxygen atoms in total. The number of thioether (sulfide) groups is 2. The maximum absolute atomic E-state index is 2.26. The van der Waals surface area contributed by atoms with E-state index in [0.29, 0.717) is 0 Å². The summed E-state index contributed by atoms with van der Waals surface area (Å²) in [6, 6.07) is 19.5. The standard InChI is InChI=1S/C21H26S2/c1-21(2,3)19-10-12-20(13-11-19)23-16-7-15-22-17-14-18-8-5-4-6-9-18/h4-6,8-14,17H,7,15-16H2,1-3H3/b17-14+. The van der Waals surface area contributed by atoms with Crippen LogP contribution in [-0.2, 0) is 5.41 Å². The van der Waals surface area contributed by atoms with Gasteiger partial charge in [0.2, 0.25) is 0 Å². The minimum Gasteiger partial charge on any atom is -0.134 e. The van der Waals surface area contributed by atoms with E-state index in [9.17, 15) is 0 Å². The Kier molecular flexibility index (Phi) is 7.32. The first-order chi connectivity index (χ1) is 11.1. The van der Waals surface area contributed by atoms with Crippen LogP contribution in [0.5, 0.6) is 0 Å². The summed E-state index contributed by atoms with van der Waals surface area (Å²) in [5.41, 5.74) is 2.92. The summed E-state index contributed by atoms with van der Waals surface area (Å²) < 4.78 is 0. The third-order valence-corrected chi connectivity index (χ3v) is 5.50. The molecule has 0 aliphatic heterocycles. The van der Waals surface area contributed by atoms with E-state index in [1.165, 1.54) is 33.9 Å². The minimum absolute atomic E-state index is 0.241. The molecular weight excluding hydrogens is 316 g/mol. The summed E-state index contributed by atoms with van der Waals surface area (Å²) in [5.74, 6) is 2.36. The number of benzene rings is 2. The molecule has 2 aromatic rings. The highest BCUT2D eigenvalue weighted by atomic mass is 32.2. The van der Waals surface area contributed by atoms with E-state index in [1.54, 1.807) is 0 Å². The van der Waals surface area contributed by atoms with E-state index < -0.39 is 0 Å². The molecule has 0 aromatic heterocycles. The van der Waals surface area contributed by atoms with Crippen LogP contribution in [0.2, 0.25) is 0 Å². The molecule has 0 N–H and O–H groups in total. The van der Waals surface area contributed by atoms with Crippen molar-refractivity contribution in [3.05, 3.63) is 71.1 Å². The molecule has 0 radical (unpaired) electrons. The summed E-state index contributed by atoms with van der Waals surface area (Å²) in [7, 11) is 0. The molecule has 0 spiro atoms. The predicted octanol–water partition coefficient (Wildman–Crippen LogP) is 6.87. The molecule has 0 saturated heterocycles. The van der Waals surface area contributed by atoms with Gasteiger partial charge >= 0.3 is 0 Å². The molecule has 23 heavy (non-hydrogen) atoms. The second-order valence-electron chi connectivity index (χ2n) is 6.56. The first-order valence-electron chi connectivity index (χ1n) is 8.12.